The summed E-state index contributed by atoms with van der Waals surface area (Å²) in [6.07, 6.45) is 3.18. The van der Waals surface area contributed by atoms with Crippen LogP contribution < -0.4 is 5.32 Å². The van der Waals surface area contributed by atoms with Crippen molar-refractivity contribution in [2.45, 2.75) is 38.8 Å². The first-order chi connectivity index (χ1) is 14.8. The summed E-state index contributed by atoms with van der Waals surface area (Å²) in [6, 6.07) is 5.92. The molecule has 2 aliphatic carbocycles. The molecule has 7 heteroatoms. The molecule has 0 saturated heterocycles. The van der Waals surface area contributed by atoms with Crippen molar-refractivity contribution in [3.63, 3.8) is 0 Å². The van der Waals surface area contributed by atoms with Crippen molar-refractivity contribution in [3.05, 3.63) is 60.2 Å². The molecule has 1 amide bonds. The molecule has 0 aromatic heterocycles. The Morgan fingerprint density at radius 3 is 2.55 bits per heavy atom. The van der Waals surface area contributed by atoms with Crippen LogP contribution in [0.25, 0.3) is 0 Å². The molecule has 2 aliphatic rings. The maximum atomic E-state index is 13.3. The zero-order valence-electron chi connectivity index (χ0n) is 18.0. The highest BCUT2D eigenvalue weighted by atomic mass is 16.6. The molecule has 31 heavy (non-hydrogen) atoms. The highest BCUT2D eigenvalue weighted by molar-refractivity contribution is 5.90. The normalized spacial score (nSPS) is 25.7. The van der Waals surface area contributed by atoms with E-state index >= 15 is 0 Å². The number of ether oxygens (including phenoxy) is 3. The Kier molecular flexibility index (Phi) is 6.83. The molecule has 2 saturated carbocycles. The maximum absolute atomic E-state index is 13.3. The van der Waals surface area contributed by atoms with Gasteiger partial charge in [0.2, 0.25) is 0 Å². The van der Waals surface area contributed by atoms with Gasteiger partial charge in [0, 0.05) is 5.92 Å². The standard InChI is InChI=1S/C24H29NO6/c1-5-11-29-21(26)19-18-9-10-24(20(18)19,25-23(28)30-12-6-2)22(27)31-14-17-13-15(3)7-8-16(17)4/h5-8,13,18-20H,1-2,9-12,14H2,3-4H3,(H,25,28). The van der Waals surface area contributed by atoms with E-state index in [2.05, 4.69) is 18.5 Å². The van der Waals surface area contributed by atoms with Gasteiger partial charge in [0.25, 0.3) is 0 Å². The molecule has 2 fully saturated rings. The minimum absolute atomic E-state index is 0.0123. The molecule has 1 aromatic carbocycles. The van der Waals surface area contributed by atoms with E-state index < -0.39 is 23.5 Å². The quantitative estimate of drug-likeness (QED) is 0.369. The molecular weight excluding hydrogens is 398 g/mol. The topological polar surface area (TPSA) is 90.9 Å². The molecule has 0 heterocycles. The summed E-state index contributed by atoms with van der Waals surface area (Å²) < 4.78 is 15.9. The van der Waals surface area contributed by atoms with E-state index in [4.69, 9.17) is 14.2 Å². The maximum Gasteiger partial charge on any atom is 0.408 e. The van der Waals surface area contributed by atoms with Crippen LogP contribution in [0.1, 0.15) is 29.5 Å². The Morgan fingerprint density at radius 1 is 1.13 bits per heavy atom. The summed E-state index contributed by atoms with van der Waals surface area (Å²) in [7, 11) is 0. The van der Waals surface area contributed by atoms with Crippen LogP contribution in [-0.2, 0) is 30.4 Å². The highest BCUT2D eigenvalue weighted by Crippen LogP contribution is 2.63. The Balaban J connectivity index is 1.78. The smallest absolute Gasteiger partial charge is 0.408 e. The lowest BCUT2D eigenvalue weighted by Gasteiger charge is -2.30. The van der Waals surface area contributed by atoms with Crippen LogP contribution in [0.4, 0.5) is 4.79 Å². The van der Waals surface area contributed by atoms with E-state index in [1.807, 2.05) is 32.0 Å². The first-order valence-corrected chi connectivity index (χ1v) is 10.4. The van der Waals surface area contributed by atoms with Crippen LogP contribution in [0.3, 0.4) is 0 Å². The number of hydrogen-bond acceptors (Lipinski definition) is 6. The lowest BCUT2D eigenvalue weighted by atomic mass is 9.90. The number of carbonyl (C=O) groups excluding carboxylic acids is 3. The third kappa shape index (κ3) is 4.65. The predicted octanol–water partition coefficient (Wildman–Crippen LogP) is 3.38. The van der Waals surface area contributed by atoms with Crippen molar-refractivity contribution in [1.82, 2.24) is 5.32 Å². The van der Waals surface area contributed by atoms with E-state index in [0.717, 1.165) is 16.7 Å². The fraction of sp³-hybridized carbons (Fsp3) is 0.458. The number of aryl methyl sites for hydroxylation is 2. The molecule has 0 radical (unpaired) electrons. The van der Waals surface area contributed by atoms with Gasteiger partial charge in [0.15, 0.2) is 0 Å². The molecule has 1 N–H and O–H groups in total. The monoisotopic (exact) mass is 427 g/mol. The average Bonchev–Trinajstić information content (AvgIpc) is 3.38. The van der Waals surface area contributed by atoms with Crippen molar-refractivity contribution in [2.75, 3.05) is 13.2 Å². The van der Waals surface area contributed by atoms with E-state index in [9.17, 15) is 14.4 Å². The van der Waals surface area contributed by atoms with E-state index in [1.54, 1.807) is 0 Å². The first-order valence-electron chi connectivity index (χ1n) is 10.4. The third-order valence-electron chi connectivity index (χ3n) is 6.11. The number of nitrogens with one attached hydrogen (secondary N) is 1. The minimum atomic E-state index is -1.32. The largest absolute Gasteiger partial charge is 0.461 e. The number of alkyl carbamates (subject to hydrolysis) is 1. The number of benzene rings is 1. The van der Waals surface area contributed by atoms with Gasteiger partial charge in [-0.1, -0.05) is 49.1 Å². The van der Waals surface area contributed by atoms with Crippen LogP contribution in [0.2, 0.25) is 0 Å². The van der Waals surface area contributed by atoms with Crippen LogP contribution in [0.5, 0.6) is 0 Å². The second kappa shape index (κ2) is 9.37. The molecule has 0 bridgehead atoms. The number of amides is 1. The van der Waals surface area contributed by atoms with Crippen LogP contribution in [0.15, 0.2) is 43.5 Å². The summed E-state index contributed by atoms with van der Waals surface area (Å²) >= 11 is 0. The van der Waals surface area contributed by atoms with Crippen molar-refractivity contribution in [1.29, 1.82) is 0 Å². The fourth-order valence-corrected chi connectivity index (χ4v) is 4.54. The summed E-state index contributed by atoms with van der Waals surface area (Å²) in [5.74, 6) is -1.82. The molecule has 7 nitrogen and oxygen atoms in total. The van der Waals surface area contributed by atoms with Crippen molar-refractivity contribution >= 4 is 18.0 Å². The zero-order chi connectivity index (χ0) is 22.6. The molecule has 3 rings (SSSR count). The molecule has 4 unspecified atom stereocenters. The first kappa shape index (κ1) is 22.6. The zero-order valence-corrected chi connectivity index (χ0v) is 18.0. The fourth-order valence-electron chi connectivity index (χ4n) is 4.54. The Hall–Kier alpha value is -3.09. The SMILES string of the molecule is C=CCOC(=O)NC1(C(=O)OCc2cc(C)ccc2C)CCC2C(C(=O)OCC=C)C21. The summed E-state index contributed by atoms with van der Waals surface area (Å²) in [5, 5.41) is 2.71. The van der Waals surface area contributed by atoms with Crippen molar-refractivity contribution < 1.29 is 28.6 Å². The summed E-state index contributed by atoms with van der Waals surface area (Å²) in [5.41, 5.74) is 1.64. The predicted molar refractivity (Wildman–Crippen MR) is 114 cm³/mol. The lowest BCUT2D eigenvalue weighted by molar-refractivity contribution is -0.155. The van der Waals surface area contributed by atoms with Gasteiger partial charge in [-0.05, 0) is 43.7 Å². The van der Waals surface area contributed by atoms with Gasteiger partial charge in [-0.2, -0.15) is 0 Å². The summed E-state index contributed by atoms with van der Waals surface area (Å²) in [4.78, 5) is 38.0. The van der Waals surface area contributed by atoms with Gasteiger partial charge in [-0.25, -0.2) is 9.59 Å². The van der Waals surface area contributed by atoms with Crippen LogP contribution in [0, 0.1) is 31.6 Å². The third-order valence-corrected chi connectivity index (χ3v) is 6.11. The molecule has 0 spiro atoms. The highest BCUT2D eigenvalue weighted by Gasteiger charge is 2.72. The molecule has 166 valence electrons. The van der Waals surface area contributed by atoms with Gasteiger partial charge in [-0.15, -0.1) is 0 Å². The number of carbonyl (C=O) groups is 3. The lowest BCUT2D eigenvalue weighted by Crippen LogP contribution is -2.56. The second-order valence-corrected chi connectivity index (χ2v) is 8.16. The Bertz CT molecular complexity index is 894. The van der Waals surface area contributed by atoms with E-state index in [-0.39, 0.29) is 37.6 Å². The van der Waals surface area contributed by atoms with Crippen molar-refractivity contribution in [3.8, 4) is 0 Å². The van der Waals surface area contributed by atoms with E-state index in [0.29, 0.717) is 12.8 Å². The van der Waals surface area contributed by atoms with Gasteiger partial charge in [0.05, 0.1) is 5.92 Å². The van der Waals surface area contributed by atoms with Gasteiger partial charge < -0.3 is 19.5 Å². The second-order valence-electron chi connectivity index (χ2n) is 8.16. The number of hydrogen-bond donors (Lipinski definition) is 1. The van der Waals surface area contributed by atoms with Gasteiger partial charge in [-0.3, -0.25) is 4.79 Å². The van der Waals surface area contributed by atoms with Crippen molar-refractivity contribution in [2.24, 2.45) is 17.8 Å². The Morgan fingerprint density at radius 2 is 1.84 bits per heavy atom. The van der Waals surface area contributed by atoms with Crippen LogP contribution >= 0.6 is 0 Å². The van der Waals surface area contributed by atoms with Crippen LogP contribution in [-0.4, -0.2) is 36.8 Å². The Labute approximate surface area is 182 Å². The number of rotatable bonds is 9. The number of esters is 2. The van der Waals surface area contributed by atoms with Gasteiger partial charge >= 0.3 is 18.0 Å². The summed E-state index contributed by atoms with van der Waals surface area (Å²) in [6.45, 7) is 11.2. The average molecular weight is 427 g/mol. The van der Waals surface area contributed by atoms with Gasteiger partial charge in [0.1, 0.15) is 25.4 Å². The molecular formula is C24H29NO6. The molecule has 1 aromatic rings. The minimum Gasteiger partial charge on any atom is -0.461 e. The molecule has 0 aliphatic heterocycles. The van der Waals surface area contributed by atoms with E-state index in [1.165, 1.54) is 12.2 Å². The number of fused-ring (bicyclic) bond motifs is 1. The molecule has 4 atom stereocenters.